The normalized spacial score (nSPS) is 16.2. The van der Waals surface area contributed by atoms with E-state index in [1.54, 1.807) is 0 Å². The van der Waals surface area contributed by atoms with E-state index in [-0.39, 0.29) is 11.9 Å². The Bertz CT molecular complexity index is 710. The van der Waals surface area contributed by atoms with Crippen LogP contribution in [-0.2, 0) is 16.0 Å². The molecule has 1 fully saturated rings. The van der Waals surface area contributed by atoms with Gasteiger partial charge in [-0.15, -0.1) is 0 Å². The first-order valence-corrected chi connectivity index (χ1v) is 9.80. The molecular formula is C21H25BrN2O2. The quantitative estimate of drug-likeness (QED) is 0.783. The maximum atomic E-state index is 12.6. The molecule has 0 aromatic heterocycles. The first-order chi connectivity index (χ1) is 12.6. The molecule has 2 aromatic carbocycles. The molecule has 26 heavy (non-hydrogen) atoms. The second kappa shape index (κ2) is 9.31. The maximum Gasteiger partial charge on any atom is 0.224 e. The third-order valence-electron chi connectivity index (χ3n) is 4.64. The number of aryl methyl sites for hydroxylation is 1. The molecule has 1 N–H and O–H groups in total. The van der Waals surface area contributed by atoms with Gasteiger partial charge >= 0.3 is 0 Å². The van der Waals surface area contributed by atoms with Crippen LogP contribution in [0.3, 0.4) is 0 Å². The molecule has 0 aliphatic carbocycles. The van der Waals surface area contributed by atoms with E-state index in [2.05, 4.69) is 57.3 Å². The minimum Gasteiger partial charge on any atom is -0.379 e. The molecule has 0 saturated carbocycles. The Kier molecular flexibility index (Phi) is 6.83. The summed E-state index contributed by atoms with van der Waals surface area (Å²) in [5.74, 6) is 0.0474. The van der Waals surface area contributed by atoms with Crippen molar-refractivity contribution in [2.75, 3.05) is 32.8 Å². The summed E-state index contributed by atoms with van der Waals surface area (Å²) in [5.41, 5.74) is 3.38. The lowest BCUT2D eigenvalue weighted by molar-refractivity contribution is -0.121. The Labute approximate surface area is 163 Å². The molecule has 1 atom stereocenters. The highest BCUT2D eigenvalue weighted by Gasteiger charge is 2.20. The second-order valence-corrected chi connectivity index (χ2v) is 7.66. The maximum absolute atomic E-state index is 12.6. The van der Waals surface area contributed by atoms with E-state index in [4.69, 9.17) is 4.74 Å². The third kappa shape index (κ3) is 5.66. The Balaban J connectivity index is 1.68. The number of halogens is 1. The minimum atomic E-state index is -0.0170. The average molecular weight is 417 g/mol. The molecule has 0 bridgehead atoms. The van der Waals surface area contributed by atoms with Crippen molar-refractivity contribution < 1.29 is 9.53 Å². The molecule has 1 aliphatic rings. The molecule has 138 valence electrons. The number of nitrogens with one attached hydrogen (secondary N) is 1. The average Bonchev–Trinajstić information content (AvgIpc) is 2.65. The number of carbonyl (C=O) groups excluding carboxylic acids is 1. The summed E-state index contributed by atoms with van der Waals surface area (Å²) in [7, 11) is 0. The number of hydrogen-bond acceptors (Lipinski definition) is 3. The zero-order chi connectivity index (χ0) is 18.4. The molecule has 0 spiro atoms. The van der Waals surface area contributed by atoms with Crippen LogP contribution in [0.25, 0.3) is 0 Å². The fourth-order valence-corrected chi connectivity index (χ4v) is 3.37. The lowest BCUT2D eigenvalue weighted by atomic mass is 10.0. The summed E-state index contributed by atoms with van der Waals surface area (Å²) in [6, 6.07) is 16.3. The molecule has 0 radical (unpaired) electrons. The topological polar surface area (TPSA) is 41.6 Å². The summed E-state index contributed by atoms with van der Waals surface area (Å²) in [4.78, 5) is 15.0. The van der Waals surface area contributed by atoms with Crippen molar-refractivity contribution in [1.82, 2.24) is 10.2 Å². The van der Waals surface area contributed by atoms with Gasteiger partial charge in [-0.3, -0.25) is 9.69 Å². The number of hydrogen-bond donors (Lipinski definition) is 1. The SMILES string of the molecule is Cc1ccc([C@@H](CN2CCOCC2)NC(=O)Cc2ccc(Br)cc2)cc1. The van der Waals surface area contributed by atoms with Gasteiger partial charge in [-0.1, -0.05) is 57.9 Å². The second-order valence-electron chi connectivity index (χ2n) is 6.75. The van der Waals surface area contributed by atoms with Crippen LogP contribution in [0, 0.1) is 6.92 Å². The Morgan fingerprint density at radius 1 is 1.12 bits per heavy atom. The number of benzene rings is 2. The Morgan fingerprint density at radius 2 is 1.77 bits per heavy atom. The van der Waals surface area contributed by atoms with Crippen LogP contribution in [-0.4, -0.2) is 43.7 Å². The summed E-state index contributed by atoms with van der Waals surface area (Å²) < 4.78 is 6.46. The van der Waals surface area contributed by atoms with Crippen molar-refractivity contribution >= 4 is 21.8 Å². The monoisotopic (exact) mass is 416 g/mol. The highest BCUT2D eigenvalue weighted by atomic mass is 79.9. The first kappa shape index (κ1) is 19.1. The van der Waals surface area contributed by atoms with Crippen LogP contribution in [0.2, 0.25) is 0 Å². The lowest BCUT2D eigenvalue weighted by Gasteiger charge is -2.31. The van der Waals surface area contributed by atoms with Crippen LogP contribution >= 0.6 is 15.9 Å². The van der Waals surface area contributed by atoms with Crippen molar-refractivity contribution in [3.05, 3.63) is 69.7 Å². The largest absolute Gasteiger partial charge is 0.379 e. The van der Waals surface area contributed by atoms with Gasteiger partial charge in [-0.05, 0) is 30.2 Å². The zero-order valence-corrected chi connectivity index (χ0v) is 16.7. The van der Waals surface area contributed by atoms with Gasteiger partial charge in [0.05, 0.1) is 25.7 Å². The van der Waals surface area contributed by atoms with Crippen molar-refractivity contribution in [1.29, 1.82) is 0 Å². The fraction of sp³-hybridized carbons (Fsp3) is 0.381. The fourth-order valence-electron chi connectivity index (χ4n) is 3.11. The van der Waals surface area contributed by atoms with E-state index in [9.17, 15) is 4.79 Å². The molecule has 0 unspecified atom stereocenters. The Hall–Kier alpha value is -1.69. The van der Waals surface area contributed by atoms with Gasteiger partial charge in [-0.2, -0.15) is 0 Å². The standard InChI is InChI=1S/C21H25BrN2O2/c1-16-2-6-18(7-3-16)20(15-24-10-12-26-13-11-24)23-21(25)14-17-4-8-19(22)9-5-17/h2-9,20H,10-15H2,1H3,(H,23,25)/t20-/m1/s1. The number of nitrogens with zero attached hydrogens (tertiary/aromatic N) is 1. The molecule has 1 amide bonds. The van der Waals surface area contributed by atoms with Gasteiger partial charge in [0.1, 0.15) is 0 Å². The number of ether oxygens (including phenoxy) is 1. The predicted molar refractivity (Wildman–Crippen MR) is 107 cm³/mol. The zero-order valence-electron chi connectivity index (χ0n) is 15.1. The number of amides is 1. The van der Waals surface area contributed by atoms with Gasteiger partial charge in [0.25, 0.3) is 0 Å². The molecule has 5 heteroatoms. The number of rotatable bonds is 6. The molecule has 2 aromatic rings. The van der Waals surface area contributed by atoms with Crippen LogP contribution in [0.15, 0.2) is 53.0 Å². The van der Waals surface area contributed by atoms with E-state index in [1.807, 2.05) is 24.3 Å². The van der Waals surface area contributed by atoms with Crippen molar-refractivity contribution in [3.8, 4) is 0 Å². The Morgan fingerprint density at radius 3 is 2.42 bits per heavy atom. The summed E-state index contributed by atoms with van der Waals surface area (Å²) in [6.45, 7) is 6.21. The van der Waals surface area contributed by atoms with Crippen molar-refractivity contribution in [2.45, 2.75) is 19.4 Å². The molecule has 4 nitrogen and oxygen atoms in total. The molecule has 1 heterocycles. The van der Waals surface area contributed by atoms with E-state index in [0.29, 0.717) is 6.42 Å². The van der Waals surface area contributed by atoms with Gasteiger partial charge < -0.3 is 10.1 Å². The number of morpholine rings is 1. The van der Waals surface area contributed by atoms with E-state index >= 15 is 0 Å². The molecule has 3 rings (SSSR count). The minimum absolute atomic E-state index is 0.0170. The highest BCUT2D eigenvalue weighted by molar-refractivity contribution is 9.10. The third-order valence-corrected chi connectivity index (χ3v) is 5.17. The van der Waals surface area contributed by atoms with E-state index in [1.165, 1.54) is 5.56 Å². The van der Waals surface area contributed by atoms with Gasteiger partial charge in [0.2, 0.25) is 5.91 Å². The van der Waals surface area contributed by atoms with Gasteiger partial charge in [0.15, 0.2) is 0 Å². The summed E-state index contributed by atoms with van der Waals surface area (Å²) in [6.07, 6.45) is 0.388. The molecular weight excluding hydrogens is 392 g/mol. The van der Waals surface area contributed by atoms with Gasteiger partial charge in [0, 0.05) is 24.1 Å². The van der Waals surface area contributed by atoms with E-state index in [0.717, 1.165) is 48.4 Å². The predicted octanol–water partition coefficient (Wildman–Crippen LogP) is 3.49. The summed E-state index contributed by atoms with van der Waals surface area (Å²) in [5, 5.41) is 3.23. The van der Waals surface area contributed by atoms with Crippen LogP contribution in [0.4, 0.5) is 0 Å². The molecule has 1 saturated heterocycles. The van der Waals surface area contributed by atoms with Crippen LogP contribution < -0.4 is 5.32 Å². The van der Waals surface area contributed by atoms with Crippen molar-refractivity contribution in [2.24, 2.45) is 0 Å². The lowest BCUT2D eigenvalue weighted by Crippen LogP contribution is -2.43. The summed E-state index contributed by atoms with van der Waals surface area (Å²) >= 11 is 3.43. The number of carbonyl (C=O) groups is 1. The smallest absolute Gasteiger partial charge is 0.224 e. The highest BCUT2D eigenvalue weighted by Crippen LogP contribution is 2.17. The molecule has 1 aliphatic heterocycles. The van der Waals surface area contributed by atoms with Crippen LogP contribution in [0.1, 0.15) is 22.7 Å². The van der Waals surface area contributed by atoms with Crippen LogP contribution in [0.5, 0.6) is 0 Å². The van der Waals surface area contributed by atoms with E-state index < -0.39 is 0 Å². The van der Waals surface area contributed by atoms with Gasteiger partial charge in [-0.25, -0.2) is 0 Å². The first-order valence-electron chi connectivity index (χ1n) is 9.00. The van der Waals surface area contributed by atoms with Crippen molar-refractivity contribution in [3.63, 3.8) is 0 Å².